The lowest BCUT2D eigenvalue weighted by Gasteiger charge is -2.35. The van der Waals surface area contributed by atoms with Crippen LogP contribution in [0, 0.1) is 5.41 Å². The van der Waals surface area contributed by atoms with Crippen LogP contribution < -0.4 is 5.32 Å². The van der Waals surface area contributed by atoms with E-state index in [-0.39, 0.29) is 11.3 Å². The summed E-state index contributed by atoms with van der Waals surface area (Å²) in [6, 6.07) is 0.372. The Morgan fingerprint density at radius 1 is 1.12 bits per heavy atom. The molecule has 2 aliphatic rings. The molecule has 3 heteroatoms. The van der Waals surface area contributed by atoms with Gasteiger partial charge in [-0.3, -0.25) is 4.79 Å². The first-order chi connectivity index (χ1) is 8.10. The topological polar surface area (TPSA) is 29.1 Å². The van der Waals surface area contributed by atoms with Crippen LogP contribution in [-0.2, 0) is 4.79 Å². The first kappa shape index (κ1) is 13.2. The fraction of sp³-hybridized carbons (Fsp3) is 0.929. The van der Waals surface area contributed by atoms with Gasteiger partial charge in [0.25, 0.3) is 0 Å². The van der Waals surface area contributed by atoms with Crippen LogP contribution in [0.1, 0.15) is 64.7 Å². The van der Waals surface area contributed by atoms with Gasteiger partial charge in [-0.25, -0.2) is 0 Å². The molecule has 0 heterocycles. The average molecular weight is 258 g/mol. The van der Waals surface area contributed by atoms with Crippen LogP contribution in [0.15, 0.2) is 0 Å². The van der Waals surface area contributed by atoms with Crippen molar-refractivity contribution in [2.24, 2.45) is 5.41 Å². The fourth-order valence-corrected chi connectivity index (χ4v) is 3.37. The minimum absolute atomic E-state index is 0.101. The molecule has 17 heavy (non-hydrogen) atoms. The number of nitrogens with one attached hydrogen (secondary N) is 1. The van der Waals surface area contributed by atoms with Crippen molar-refractivity contribution in [1.82, 2.24) is 5.32 Å². The van der Waals surface area contributed by atoms with Crippen LogP contribution in [-0.4, -0.2) is 17.3 Å². The molecule has 0 saturated heterocycles. The van der Waals surface area contributed by atoms with Crippen molar-refractivity contribution in [1.29, 1.82) is 0 Å². The van der Waals surface area contributed by atoms with E-state index < -0.39 is 0 Å². The van der Waals surface area contributed by atoms with Gasteiger partial charge in [-0.05, 0) is 38.5 Å². The molecule has 2 nitrogen and oxygen atoms in total. The molecule has 0 atom stereocenters. The van der Waals surface area contributed by atoms with E-state index in [0.717, 1.165) is 38.5 Å². The predicted molar refractivity (Wildman–Crippen MR) is 71.2 cm³/mol. The summed E-state index contributed by atoms with van der Waals surface area (Å²) in [5.74, 6) is 0.287. The maximum absolute atomic E-state index is 12.3. The zero-order valence-corrected chi connectivity index (χ0v) is 11.6. The Morgan fingerprint density at radius 3 is 2.29 bits per heavy atom. The van der Waals surface area contributed by atoms with Gasteiger partial charge in [0.15, 0.2) is 0 Å². The van der Waals surface area contributed by atoms with E-state index >= 15 is 0 Å². The van der Waals surface area contributed by atoms with Gasteiger partial charge in [0.05, 0.1) is 0 Å². The van der Waals surface area contributed by atoms with Crippen molar-refractivity contribution in [3.05, 3.63) is 0 Å². The zero-order chi connectivity index (χ0) is 12.3. The predicted octanol–water partition coefficient (Wildman–Crippen LogP) is 3.62. The van der Waals surface area contributed by atoms with Gasteiger partial charge in [0.1, 0.15) is 0 Å². The van der Waals surface area contributed by atoms with Gasteiger partial charge in [-0.2, -0.15) is 0 Å². The maximum Gasteiger partial charge on any atom is 0.226 e. The minimum Gasteiger partial charge on any atom is -0.353 e. The molecule has 0 unspecified atom stereocenters. The van der Waals surface area contributed by atoms with Crippen molar-refractivity contribution in [2.45, 2.75) is 76.1 Å². The van der Waals surface area contributed by atoms with Crippen LogP contribution in [0.2, 0.25) is 0 Å². The number of rotatable bonds is 2. The molecule has 2 fully saturated rings. The van der Waals surface area contributed by atoms with Crippen molar-refractivity contribution < 1.29 is 4.79 Å². The summed E-state index contributed by atoms with van der Waals surface area (Å²) in [6.07, 6.45) is 10.0. The second-order valence-corrected chi connectivity index (χ2v) is 6.66. The molecule has 0 aliphatic heterocycles. The lowest BCUT2D eigenvalue weighted by atomic mass is 9.74. The monoisotopic (exact) mass is 257 g/mol. The van der Waals surface area contributed by atoms with Crippen LogP contribution in [0.5, 0.6) is 0 Å². The number of hydrogen-bond acceptors (Lipinski definition) is 1. The van der Waals surface area contributed by atoms with E-state index in [9.17, 15) is 4.79 Å². The Hall–Kier alpha value is -0.240. The summed E-state index contributed by atoms with van der Waals surface area (Å²) in [5.41, 5.74) is -0.101. The van der Waals surface area contributed by atoms with E-state index in [0.29, 0.717) is 11.4 Å². The number of amides is 1. The number of carbonyl (C=O) groups is 1. The van der Waals surface area contributed by atoms with Crippen molar-refractivity contribution in [2.75, 3.05) is 0 Å². The molecular formula is C14H24ClNO. The summed E-state index contributed by atoms with van der Waals surface area (Å²) in [5, 5.41) is 3.58. The standard InChI is InChI=1S/C14H24ClNO/c1-14(9-3-2-4-10-14)13(17)16-12-7-5-11(15)6-8-12/h11-12H,2-10H2,1H3,(H,16,17). The third-order valence-corrected chi connectivity index (χ3v) is 4.93. The Balaban J connectivity index is 1.83. The molecule has 1 amide bonds. The minimum atomic E-state index is -0.101. The number of halogens is 1. The molecule has 2 saturated carbocycles. The molecule has 0 spiro atoms. The van der Waals surface area contributed by atoms with Crippen LogP contribution in [0.4, 0.5) is 0 Å². The highest BCUT2D eigenvalue weighted by Crippen LogP contribution is 2.36. The molecule has 0 aromatic heterocycles. The molecule has 1 N–H and O–H groups in total. The van der Waals surface area contributed by atoms with Gasteiger partial charge in [0.2, 0.25) is 5.91 Å². The Morgan fingerprint density at radius 2 is 1.71 bits per heavy atom. The summed E-state index contributed by atoms with van der Waals surface area (Å²) in [6.45, 7) is 2.13. The molecule has 98 valence electrons. The fourth-order valence-electron chi connectivity index (χ4n) is 3.12. The molecule has 0 aromatic carbocycles. The summed E-state index contributed by atoms with van der Waals surface area (Å²) < 4.78 is 0. The van der Waals surface area contributed by atoms with E-state index in [1.165, 1.54) is 19.3 Å². The van der Waals surface area contributed by atoms with Gasteiger partial charge in [0, 0.05) is 16.8 Å². The highest BCUT2D eigenvalue weighted by Gasteiger charge is 2.35. The normalized spacial score (nSPS) is 33.1. The summed E-state index contributed by atoms with van der Waals surface area (Å²) in [4.78, 5) is 12.3. The van der Waals surface area contributed by atoms with Gasteiger partial charge >= 0.3 is 0 Å². The third kappa shape index (κ3) is 3.37. The average Bonchev–Trinajstić information content (AvgIpc) is 2.33. The first-order valence-corrected chi connectivity index (χ1v) is 7.49. The second-order valence-electron chi connectivity index (χ2n) is 6.04. The van der Waals surface area contributed by atoms with E-state index in [4.69, 9.17) is 11.6 Å². The molecule has 0 bridgehead atoms. The summed E-state index contributed by atoms with van der Waals surface area (Å²) in [7, 11) is 0. The lowest BCUT2D eigenvalue weighted by molar-refractivity contribution is -0.132. The molecule has 2 aliphatic carbocycles. The van der Waals surface area contributed by atoms with E-state index in [1.807, 2.05) is 0 Å². The zero-order valence-electron chi connectivity index (χ0n) is 10.8. The van der Waals surface area contributed by atoms with Crippen molar-refractivity contribution in [3.8, 4) is 0 Å². The Bertz CT molecular complexity index is 265. The van der Waals surface area contributed by atoms with Crippen LogP contribution in [0.25, 0.3) is 0 Å². The maximum atomic E-state index is 12.3. The highest BCUT2D eigenvalue weighted by atomic mass is 35.5. The largest absolute Gasteiger partial charge is 0.353 e. The molecular weight excluding hydrogens is 234 g/mol. The van der Waals surface area contributed by atoms with E-state index in [1.54, 1.807) is 0 Å². The number of alkyl halides is 1. The highest BCUT2D eigenvalue weighted by molar-refractivity contribution is 6.20. The Kier molecular flexibility index (Phi) is 4.35. The molecule has 2 rings (SSSR count). The third-order valence-electron chi connectivity index (χ3n) is 4.50. The molecule has 0 radical (unpaired) electrons. The van der Waals surface area contributed by atoms with Gasteiger partial charge in [-0.1, -0.05) is 26.2 Å². The Labute approximate surface area is 109 Å². The van der Waals surface area contributed by atoms with Crippen LogP contribution >= 0.6 is 11.6 Å². The lowest BCUT2D eigenvalue weighted by Crippen LogP contribution is -2.46. The van der Waals surface area contributed by atoms with Crippen molar-refractivity contribution in [3.63, 3.8) is 0 Å². The van der Waals surface area contributed by atoms with Crippen LogP contribution in [0.3, 0.4) is 0 Å². The van der Waals surface area contributed by atoms with Gasteiger partial charge in [-0.15, -0.1) is 11.6 Å². The number of carbonyl (C=O) groups excluding carboxylic acids is 1. The first-order valence-electron chi connectivity index (χ1n) is 7.05. The number of hydrogen-bond donors (Lipinski definition) is 1. The van der Waals surface area contributed by atoms with Crippen molar-refractivity contribution >= 4 is 17.5 Å². The quantitative estimate of drug-likeness (QED) is 0.752. The second kappa shape index (κ2) is 5.60. The van der Waals surface area contributed by atoms with E-state index in [2.05, 4.69) is 12.2 Å². The summed E-state index contributed by atoms with van der Waals surface area (Å²) >= 11 is 6.08. The smallest absolute Gasteiger partial charge is 0.226 e. The molecule has 0 aromatic rings. The van der Waals surface area contributed by atoms with Gasteiger partial charge < -0.3 is 5.32 Å². The SMILES string of the molecule is CC1(C(=O)NC2CCC(Cl)CC2)CCCCC1.